The fourth-order valence-electron chi connectivity index (χ4n) is 3.42. The number of rotatable bonds is 5. The first-order valence-electron chi connectivity index (χ1n) is 9.17. The van der Waals surface area contributed by atoms with E-state index in [1.54, 1.807) is 36.4 Å². The van der Waals surface area contributed by atoms with E-state index in [0.29, 0.717) is 27.5 Å². The number of amides is 1. The van der Waals surface area contributed by atoms with Crippen molar-refractivity contribution < 1.29 is 17.9 Å². The molecule has 0 unspecified atom stereocenters. The lowest BCUT2D eigenvalue weighted by molar-refractivity contribution is -0.119. The van der Waals surface area contributed by atoms with Crippen molar-refractivity contribution in [1.29, 1.82) is 0 Å². The van der Waals surface area contributed by atoms with Crippen LogP contribution in [0.2, 0.25) is 10.0 Å². The third-order valence-corrected chi connectivity index (χ3v) is 8.59. The number of fused-ring (bicyclic) bond motifs is 1. The lowest BCUT2D eigenvalue weighted by Gasteiger charge is -2.24. The topological polar surface area (TPSA) is 76.0 Å². The molecule has 10 heteroatoms. The molecule has 1 amide bonds. The van der Waals surface area contributed by atoms with Crippen LogP contribution in [-0.2, 0) is 21.2 Å². The van der Waals surface area contributed by atoms with Crippen molar-refractivity contribution in [3.05, 3.63) is 64.1 Å². The Morgan fingerprint density at radius 1 is 1.07 bits per heavy atom. The van der Waals surface area contributed by atoms with Crippen molar-refractivity contribution in [3.8, 4) is 5.75 Å². The van der Waals surface area contributed by atoms with Crippen LogP contribution in [0, 0.1) is 0 Å². The molecule has 0 N–H and O–H groups in total. The number of carbonyl (C=O) groups excluding carboxylic acids is 1. The lowest BCUT2D eigenvalue weighted by Crippen LogP contribution is -2.37. The fraction of sp³-hybridized carbons (Fsp3) is 0.300. The minimum Gasteiger partial charge on any atom is -0.484 e. The Bertz CT molecular complexity index is 1070. The van der Waals surface area contributed by atoms with E-state index in [1.807, 2.05) is 17.0 Å². The summed E-state index contributed by atoms with van der Waals surface area (Å²) in [6.45, 7) is 0.235. The Hall–Kier alpha value is -1.74. The normalized spacial score (nSPS) is 23.5. The molecular weight excluding hydrogens is 467 g/mol. The van der Waals surface area contributed by atoms with E-state index < -0.39 is 15.7 Å². The van der Waals surface area contributed by atoms with E-state index in [0.717, 1.165) is 5.56 Å². The van der Waals surface area contributed by atoms with Gasteiger partial charge in [-0.25, -0.2) is 8.42 Å². The van der Waals surface area contributed by atoms with Crippen LogP contribution in [0.15, 0.2) is 53.5 Å². The Morgan fingerprint density at radius 3 is 2.37 bits per heavy atom. The van der Waals surface area contributed by atoms with Gasteiger partial charge in [0, 0.05) is 21.8 Å². The monoisotopic (exact) mass is 484 g/mol. The summed E-state index contributed by atoms with van der Waals surface area (Å²) in [7, 11) is -3.10. The second-order valence-corrected chi connectivity index (χ2v) is 11.3. The van der Waals surface area contributed by atoms with Crippen LogP contribution < -0.4 is 4.74 Å². The smallest absolute Gasteiger partial charge is 0.285 e. The van der Waals surface area contributed by atoms with Crippen molar-refractivity contribution in [2.75, 3.05) is 18.1 Å². The maximum Gasteiger partial charge on any atom is 0.285 e. The molecule has 2 aliphatic heterocycles. The molecule has 2 aromatic carbocycles. The van der Waals surface area contributed by atoms with Gasteiger partial charge in [0.2, 0.25) is 0 Å². The van der Waals surface area contributed by atoms with Crippen molar-refractivity contribution >= 4 is 55.9 Å². The molecule has 0 spiro atoms. The molecule has 2 heterocycles. The van der Waals surface area contributed by atoms with Crippen molar-refractivity contribution in [1.82, 2.24) is 4.90 Å². The lowest BCUT2D eigenvalue weighted by atomic mass is 10.1. The molecule has 0 aliphatic carbocycles. The maximum atomic E-state index is 12.4. The molecule has 158 valence electrons. The predicted octanol–water partition coefficient (Wildman–Crippen LogP) is 3.67. The summed E-state index contributed by atoms with van der Waals surface area (Å²) in [5, 5.41) is 1.60. The van der Waals surface area contributed by atoms with Gasteiger partial charge < -0.3 is 9.64 Å². The zero-order valence-corrected chi connectivity index (χ0v) is 18.8. The number of nitrogens with zero attached hydrogens (tertiary/aromatic N) is 2. The van der Waals surface area contributed by atoms with Gasteiger partial charge in [-0.2, -0.15) is 4.99 Å². The van der Waals surface area contributed by atoms with Gasteiger partial charge in [0.25, 0.3) is 5.91 Å². The van der Waals surface area contributed by atoms with Crippen LogP contribution in [-0.4, -0.2) is 53.8 Å². The summed E-state index contributed by atoms with van der Waals surface area (Å²) < 4.78 is 29.7. The first kappa shape index (κ1) is 21.5. The molecule has 6 nitrogen and oxygen atoms in total. The number of benzene rings is 2. The second kappa shape index (κ2) is 8.78. The number of amidine groups is 1. The number of carbonyl (C=O) groups is 1. The summed E-state index contributed by atoms with van der Waals surface area (Å²) >= 11 is 13.1. The molecule has 2 saturated heterocycles. The molecule has 2 aliphatic rings. The quantitative estimate of drug-likeness (QED) is 0.644. The van der Waals surface area contributed by atoms with Gasteiger partial charge in [0.15, 0.2) is 21.6 Å². The van der Waals surface area contributed by atoms with Gasteiger partial charge in [-0.3, -0.25) is 4.79 Å². The van der Waals surface area contributed by atoms with Gasteiger partial charge >= 0.3 is 0 Å². The zero-order chi connectivity index (χ0) is 21.3. The Balaban J connectivity index is 1.50. The predicted molar refractivity (Wildman–Crippen MR) is 120 cm³/mol. The number of aliphatic imine (C=N–C) groups is 1. The number of hydrogen-bond acceptors (Lipinski definition) is 5. The highest BCUT2D eigenvalue weighted by Crippen LogP contribution is 2.39. The molecule has 0 bridgehead atoms. The van der Waals surface area contributed by atoms with Gasteiger partial charge in [-0.05, 0) is 42.0 Å². The number of hydrogen-bond donors (Lipinski definition) is 0. The number of thioether (sulfide) groups is 1. The molecular formula is C20H18Cl2N2O4S2. The average molecular weight is 485 g/mol. The highest BCUT2D eigenvalue weighted by atomic mass is 35.5. The Labute approximate surface area is 189 Å². The number of halogens is 2. The summed E-state index contributed by atoms with van der Waals surface area (Å²) in [5.41, 5.74) is 0.961. The van der Waals surface area contributed by atoms with Crippen LogP contribution in [0.5, 0.6) is 5.75 Å². The molecule has 2 aromatic rings. The third kappa shape index (κ3) is 5.11. The molecule has 2 atom stereocenters. The number of ether oxygens (including phenoxy) is 1. The van der Waals surface area contributed by atoms with E-state index in [1.165, 1.54) is 11.8 Å². The second-order valence-electron chi connectivity index (χ2n) is 7.09. The summed E-state index contributed by atoms with van der Waals surface area (Å²) in [4.78, 5) is 18.5. The molecule has 2 fully saturated rings. The summed E-state index contributed by atoms with van der Waals surface area (Å²) in [6.07, 6.45) is 0. The first-order valence-corrected chi connectivity index (χ1v) is 12.6. The summed E-state index contributed by atoms with van der Waals surface area (Å²) in [6, 6.07) is 13.8. The summed E-state index contributed by atoms with van der Waals surface area (Å²) in [5.74, 6) is 0.241. The van der Waals surface area contributed by atoms with Crippen LogP contribution in [0.1, 0.15) is 5.56 Å². The standard InChI is InChI=1S/C20H18Cl2N2O4S2/c21-14-3-1-13(2-4-14)9-24-17-11-30(26,27)12-18(17)29-20(24)23-19(25)10-28-16-7-5-15(22)6-8-16/h1-8,17-18H,9-12H2/t17-,18+/m0/s1. The van der Waals surface area contributed by atoms with Crippen molar-refractivity contribution in [2.24, 2.45) is 4.99 Å². The van der Waals surface area contributed by atoms with Gasteiger partial charge in [-0.1, -0.05) is 47.1 Å². The van der Waals surface area contributed by atoms with Crippen molar-refractivity contribution in [3.63, 3.8) is 0 Å². The Kier molecular flexibility index (Phi) is 6.29. The highest BCUT2D eigenvalue weighted by molar-refractivity contribution is 8.15. The molecule has 30 heavy (non-hydrogen) atoms. The largest absolute Gasteiger partial charge is 0.484 e. The van der Waals surface area contributed by atoms with E-state index in [4.69, 9.17) is 27.9 Å². The third-order valence-electron chi connectivity index (χ3n) is 4.84. The molecule has 0 aromatic heterocycles. The average Bonchev–Trinajstić information content (AvgIpc) is 3.15. The van der Waals surface area contributed by atoms with E-state index in [2.05, 4.69) is 4.99 Å². The van der Waals surface area contributed by atoms with Gasteiger partial charge in [0.05, 0.1) is 17.5 Å². The SMILES string of the molecule is O=C(COc1ccc(Cl)cc1)N=C1S[C@@H]2CS(=O)(=O)C[C@@H]2N1Cc1ccc(Cl)cc1. The van der Waals surface area contributed by atoms with Gasteiger partial charge in [-0.15, -0.1) is 0 Å². The highest BCUT2D eigenvalue weighted by Gasteiger charge is 2.48. The van der Waals surface area contributed by atoms with Crippen LogP contribution in [0.25, 0.3) is 0 Å². The van der Waals surface area contributed by atoms with Gasteiger partial charge in [0.1, 0.15) is 5.75 Å². The maximum absolute atomic E-state index is 12.4. The van der Waals surface area contributed by atoms with Crippen LogP contribution in [0.4, 0.5) is 0 Å². The minimum atomic E-state index is -3.10. The fourth-order valence-corrected chi connectivity index (χ4v) is 7.64. The Morgan fingerprint density at radius 2 is 1.70 bits per heavy atom. The van der Waals surface area contributed by atoms with Crippen LogP contribution in [0.3, 0.4) is 0 Å². The van der Waals surface area contributed by atoms with E-state index in [-0.39, 0.29) is 29.4 Å². The molecule has 0 saturated carbocycles. The molecule has 4 rings (SSSR count). The minimum absolute atomic E-state index is 0.0622. The van der Waals surface area contributed by atoms with Crippen LogP contribution >= 0.6 is 35.0 Å². The van der Waals surface area contributed by atoms with E-state index >= 15 is 0 Å². The van der Waals surface area contributed by atoms with Crippen molar-refractivity contribution in [2.45, 2.75) is 17.8 Å². The zero-order valence-electron chi connectivity index (χ0n) is 15.7. The van der Waals surface area contributed by atoms with E-state index in [9.17, 15) is 13.2 Å². The first-order chi connectivity index (χ1) is 14.3. The molecule has 0 radical (unpaired) electrons. The number of sulfone groups is 1.